The highest BCUT2D eigenvalue weighted by Crippen LogP contribution is 2.15. The van der Waals surface area contributed by atoms with Gasteiger partial charge in [-0.3, -0.25) is 0 Å². The molecule has 0 amide bonds. The van der Waals surface area contributed by atoms with Crippen LogP contribution >= 0.6 is 0 Å². The minimum atomic E-state index is 0.386. The number of hydrogen-bond donors (Lipinski definition) is 1. The molecule has 0 aliphatic heterocycles. The zero-order chi connectivity index (χ0) is 11.4. The van der Waals surface area contributed by atoms with Crippen molar-refractivity contribution in [2.24, 2.45) is 0 Å². The van der Waals surface area contributed by atoms with E-state index >= 15 is 0 Å². The fraction of sp³-hybridized carbons (Fsp3) is 0.636. The summed E-state index contributed by atoms with van der Waals surface area (Å²) in [6, 6.07) is 2.80. The summed E-state index contributed by atoms with van der Waals surface area (Å²) < 4.78 is 0. The quantitative estimate of drug-likeness (QED) is 0.823. The van der Waals surface area contributed by atoms with Gasteiger partial charge in [0.15, 0.2) is 0 Å². The van der Waals surface area contributed by atoms with Gasteiger partial charge in [-0.1, -0.05) is 0 Å². The van der Waals surface area contributed by atoms with Gasteiger partial charge in [-0.05, 0) is 27.7 Å². The van der Waals surface area contributed by atoms with Crippen molar-refractivity contribution in [3.8, 4) is 0 Å². The highest BCUT2D eigenvalue weighted by atomic mass is 15.2. The van der Waals surface area contributed by atoms with Gasteiger partial charge in [-0.15, -0.1) is 0 Å². The zero-order valence-corrected chi connectivity index (χ0v) is 10.2. The first-order valence-corrected chi connectivity index (χ1v) is 5.32. The first kappa shape index (κ1) is 11.8. The average Bonchev–Trinajstić information content (AvgIpc) is 2.16. The second-order valence-electron chi connectivity index (χ2n) is 4.27. The second kappa shape index (κ2) is 4.96. The predicted octanol–water partition coefficient (Wildman–Crippen LogP) is 2.14. The van der Waals surface area contributed by atoms with E-state index in [4.69, 9.17) is 0 Å². The molecule has 4 heteroatoms. The minimum Gasteiger partial charge on any atom is -0.368 e. The molecule has 4 nitrogen and oxygen atoms in total. The second-order valence-corrected chi connectivity index (χ2v) is 4.27. The van der Waals surface area contributed by atoms with E-state index in [1.54, 1.807) is 6.33 Å². The highest BCUT2D eigenvalue weighted by molar-refractivity contribution is 5.48. The Morgan fingerprint density at radius 2 is 1.87 bits per heavy atom. The van der Waals surface area contributed by atoms with Crippen LogP contribution in [0, 0.1) is 0 Å². The van der Waals surface area contributed by atoms with Gasteiger partial charge in [0, 0.05) is 25.2 Å². The number of aromatic nitrogens is 2. The molecule has 0 fully saturated rings. The number of hydrogen-bond acceptors (Lipinski definition) is 4. The third-order valence-corrected chi connectivity index (χ3v) is 2.23. The molecule has 0 spiro atoms. The topological polar surface area (TPSA) is 41.0 Å². The molecule has 0 aliphatic carbocycles. The fourth-order valence-electron chi connectivity index (χ4n) is 1.18. The van der Waals surface area contributed by atoms with Crippen molar-refractivity contribution in [3.05, 3.63) is 12.4 Å². The molecule has 1 N–H and O–H groups in total. The maximum atomic E-state index is 4.24. The smallest absolute Gasteiger partial charge is 0.134 e. The summed E-state index contributed by atoms with van der Waals surface area (Å²) in [6.45, 7) is 8.46. The lowest BCUT2D eigenvalue weighted by Crippen LogP contribution is -2.26. The van der Waals surface area contributed by atoms with Crippen LogP contribution in [0.3, 0.4) is 0 Å². The molecule has 1 aromatic heterocycles. The molecule has 0 aliphatic rings. The van der Waals surface area contributed by atoms with Gasteiger partial charge >= 0.3 is 0 Å². The van der Waals surface area contributed by atoms with Gasteiger partial charge in [0.05, 0.1) is 0 Å². The van der Waals surface area contributed by atoms with Crippen LogP contribution in [0.2, 0.25) is 0 Å². The predicted molar refractivity (Wildman–Crippen MR) is 64.3 cm³/mol. The van der Waals surface area contributed by atoms with Gasteiger partial charge < -0.3 is 10.2 Å². The van der Waals surface area contributed by atoms with Gasteiger partial charge in [0.2, 0.25) is 0 Å². The van der Waals surface area contributed by atoms with Crippen LogP contribution in [-0.4, -0.2) is 29.1 Å². The molecule has 0 bridgehead atoms. The van der Waals surface area contributed by atoms with Gasteiger partial charge in [0.1, 0.15) is 18.0 Å². The van der Waals surface area contributed by atoms with E-state index in [2.05, 4.69) is 47.9 Å². The lowest BCUT2D eigenvalue weighted by atomic mass is 10.3. The summed E-state index contributed by atoms with van der Waals surface area (Å²) in [6.07, 6.45) is 1.60. The van der Waals surface area contributed by atoms with E-state index in [0.717, 1.165) is 11.6 Å². The van der Waals surface area contributed by atoms with Crippen molar-refractivity contribution < 1.29 is 0 Å². The van der Waals surface area contributed by atoms with E-state index in [0.29, 0.717) is 12.1 Å². The van der Waals surface area contributed by atoms with Crippen molar-refractivity contribution in [1.29, 1.82) is 0 Å². The van der Waals surface area contributed by atoms with Crippen molar-refractivity contribution in [3.63, 3.8) is 0 Å². The van der Waals surface area contributed by atoms with Crippen LogP contribution in [0.15, 0.2) is 12.4 Å². The standard InChI is InChI=1S/C11H20N4/c1-8(2)14-10-6-11(13-7-12-10)15(5)9(3)4/h6-9H,1-5H3,(H,12,13,14). The van der Waals surface area contributed by atoms with Crippen LogP contribution in [0.4, 0.5) is 11.6 Å². The number of anilines is 2. The van der Waals surface area contributed by atoms with Gasteiger partial charge in [-0.25, -0.2) is 9.97 Å². The molecule has 0 saturated heterocycles. The summed E-state index contributed by atoms with van der Waals surface area (Å²) in [7, 11) is 2.03. The Balaban J connectivity index is 2.82. The fourth-order valence-corrected chi connectivity index (χ4v) is 1.18. The maximum absolute atomic E-state index is 4.24. The first-order valence-electron chi connectivity index (χ1n) is 5.32. The van der Waals surface area contributed by atoms with Crippen molar-refractivity contribution in [2.45, 2.75) is 39.8 Å². The molecule has 0 aromatic carbocycles. The summed E-state index contributed by atoms with van der Waals surface area (Å²) in [5.41, 5.74) is 0. The molecule has 1 rings (SSSR count). The molecule has 1 aromatic rings. The summed E-state index contributed by atoms with van der Waals surface area (Å²) in [5, 5.41) is 3.26. The third kappa shape index (κ3) is 3.38. The Hall–Kier alpha value is -1.32. The van der Waals surface area contributed by atoms with Crippen molar-refractivity contribution >= 4 is 11.6 Å². The largest absolute Gasteiger partial charge is 0.368 e. The van der Waals surface area contributed by atoms with Crippen molar-refractivity contribution in [2.75, 3.05) is 17.3 Å². The van der Waals surface area contributed by atoms with Gasteiger partial charge in [0.25, 0.3) is 0 Å². The maximum Gasteiger partial charge on any atom is 0.134 e. The molecule has 0 saturated carbocycles. The Labute approximate surface area is 91.7 Å². The SMILES string of the molecule is CC(C)Nc1cc(N(C)C(C)C)ncn1. The van der Waals surface area contributed by atoms with E-state index in [1.165, 1.54) is 0 Å². The molecular weight excluding hydrogens is 188 g/mol. The molecular formula is C11H20N4. The van der Waals surface area contributed by atoms with Crippen LogP contribution in [0.5, 0.6) is 0 Å². The number of nitrogens with one attached hydrogen (secondary N) is 1. The van der Waals surface area contributed by atoms with E-state index in [-0.39, 0.29) is 0 Å². The molecule has 15 heavy (non-hydrogen) atoms. The Morgan fingerprint density at radius 3 is 2.40 bits per heavy atom. The van der Waals surface area contributed by atoms with Crippen LogP contribution < -0.4 is 10.2 Å². The Bertz CT molecular complexity index is 309. The van der Waals surface area contributed by atoms with Crippen molar-refractivity contribution in [1.82, 2.24) is 9.97 Å². The monoisotopic (exact) mass is 208 g/mol. The van der Waals surface area contributed by atoms with Gasteiger partial charge in [-0.2, -0.15) is 0 Å². The first-order chi connectivity index (χ1) is 7.00. The Kier molecular flexibility index (Phi) is 3.88. The lowest BCUT2D eigenvalue weighted by Gasteiger charge is -2.22. The lowest BCUT2D eigenvalue weighted by molar-refractivity contribution is 0.741. The van der Waals surface area contributed by atoms with E-state index in [1.807, 2.05) is 13.1 Å². The molecule has 84 valence electrons. The van der Waals surface area contributed by atoms with E-state index < -0.39 is 0 Å². The number of nitrogens with zero attached hydrogens (tertiary/aromatic N) is 3. The molecule has 0 atom stereocenters. The zero-order valence-electron chi connectivity index (χ0n) is 10.2. The normalized spacial score (nSPS) is 10.9. The third-order valence-electron chi connectivity index (χ3n) is 2.23. The molecule has 0 unspecified atom stereocenters. The van der Waals surface area contributed by atoms with Crippen LogP contribution in [0.25, 0.3) is 0 Å². The summed E-state index contributed by atoms with van der Waals surface area (Å²) in [5.74, 6) is 1.82. The van der Waals surface area contributed by atoms with E-state index in [9.17, 15) is 0 Å². The summed E-state index contributed by atoms with van der Waals surface area (Å²) in [4.78, 5) is 10.5. The Morgan fingerprint density at radius 1 is 1.20 bits per heavy atom. The molecule has 0 radical (unpaired) electrons. The minimum absolute atomic E-state index is 0.386. The van der Waals surface area contributed by atoms with Crippen LogP contribution in [0.1, 0.15) is 27.7 Å². The average molecular weight is 208 g/mol. The summed E-state index contributed by atoms with van der Waals surface area (Å²) >= 11 is 0. The highest BCUT2D eigenvalue weighted by Gasteiger charge is 2.07. The number of rotatable bonds is 4. The van der Waals surface area contributed by atoms with Crippen LogP contribution in [-0.2, 0) is 0 Å². The molecule has 1 heterocycles.